The van der Waals surface area contributed by atoms with Crippen LogP contribution in [0.3, 0.4) is 0 Å². The normalized spacial score (nSPS) is 11.3. The number of anilines is 3. The predicted octanol–water partition coefficient (Wildman–Crippen LogP) is 16.1. The van der Waals surface area contributed by atoms with E-state index in [1.54, 1.807) is 0 Å². The molecule has 0 radical (unpaired) electrons. The van der Waals surface area contributed by atoms with Crippen molar-refractivity contribution in [2.75, 3.05) is 4.90 Å². The van der Waals surface area contributed by atoms with Gasteiger partial charge in [-0.2, -0.15) is 0 Å². The van der Waals surface area contributed by atoms with E-state index in [0.29, 0.717) is 0 Å². The Morgan fingerprint density at radius 3 is 1.47 bits per heavy atom. The number of rotatable bonds is 8. The number of nitrogens with zero attached hydrogens (tertiary/aromatic N) is 2. The maximum atomic E-state index is 2.44. The summed E-state index contributed by atoms with van der Waals surface area (Å²) in [5, 5.41) is 4.97. The summed E-state index contributed by atoms with van der Waals surface area (Å²) in [6.07, 6.45) is 0. The largest absolute Gasteiger partial charge is 0.310 e. The van der Waals surface area contributed by atoms with E-state index in [1.807, 2.05) is 0 Å². The Morgan fingerprint density at radius 1 is 0.300 bits per heavy atom. The predicted molar refractivity (Wildman–Crippen MR) is 255 cm³/mol. The molecule has 0 aliphatic carbocycles. The molecular formula is C58H40N2. The fraction of sp³-hybridized carbons (Fsp3) is 0. The SMILES string of the molecule is c1ccc(-c2ccc(-c3ccc(N(c4cccc(-c5ccccc5)c4)c4cccc(-c5cccc6c5c5ccc7ccccc7c5n6-c5ccccc5)c4)cc3)cc2)cc1. The minimum atomic E-state index is 1.09. The number of fused-ring (bicyclic) bond motifs is 5. The second kappa shape index (κ2) is 15.1. The maximum absolute atomic E-state index is 2.44. The van der Waals surface area contributed by atoms with Crippen molar-refractivity contribution < 1.29 is 0 Å². The molecule has 0 aliphatic heterocycles. The highest BCUT2D eigenvalue weighted by Gasteiger charge is 2.20. The first-order valence-electron chi connectivity index (χ1n) is 20.6. The molecule has 2 heteroatoms. The zero-order valence-corrected chi connectivity index (χ0v) is 33.0. The zero-order valence-electron chi connectivity index (χ0n) is 33.0. The Morgan fingerprint density at radius 2 is 0.800 bits per heavy atom. The Hall–Kier alpha value is -7.94. The van der Waals surface area contributed by atoms with Crippen LogP contribution in [0.1, 0.15) is 0 Å². The lowest BCUT2D eigenvalue weighted by Gasteiger charge is -2.27. The fourth-order valence-electron chi connectivity index (χ4n) is 8.92. The molecule has 1 heterocycles. The Labute approximate surface area is 350 Å². The molecule has 0 spiro atoms. The van der Waals surface area contributed by atoms with E-state index in [1.165, 1.54) is 71.5 Å². The molecule has 1 aromatic heterocycles. The summed E-state index contributed by atoms with van der Waals surface area (Å²) in [4.78, 5) is 2.39. The van der Waals surface area contributed by atoms with Gasteiger partial charge in [0.1, 0.15) is 0 Å². The minimum absolute atomic E-state index is 1.09. The van der Waals surface area contributed by atoms with E-state index in [9.17, 15) is 0 Å². The van der Waals surface area contributed by atoms with Gasteiger partial charge in [-0.1, -0.05) is 188 Å². The number of aromatic nitrogens is 1. The lowest BCUT2D eigenvalue weighted by molar-refractivity contribution is 1.19. The second-order valence-corrected chi connectivity index (χ2v) is 15.3. The molecular weight excluding hydrogens is 725 g/mol. The van der Waals surface area contributed by atoms with Crippen LogP contribution in [0.25, 0.3) is 82.8 Å². The van der Waals surface area contributed by atoms with Crippen molar-refractivity contribution in [3.63, 3.8) is 0 Å². The van der Waals surface area contributed by atoms with E-state index < -0.39 is 0 Å². The number of benzene rings is 10. The second-order valence-electron chi connectivity index (χ2n) is 15.3. The molecule has 0 N–H and O–H groups in total. The monoisotopic (exact) mass is 764 g/mol. The first-order valence-corrected chi connectivity index (χ1v) is 20.6. The molecule has 0 fully saturated rings. The summed E-state index contributed by atoms with van der Waals surface area (Å²) in [5.74, 6) is 0. The number of hydrogen-bond donors (Lipinski definition) is 0. The molecule has 282 valence electrons. The van der Waals surface area contributed by atoms with Crippen molar-refractivity contribution in [2.24, 2.45) is 0 Å². The molecule has 60 heavy (non-hydrogen) atoms. The zero-order chi connectivity index (χ0) is 39.8. The third kappa shape index (κ3) is 6.32. The smallest absolute Gasteiger partial charge is 0.0619 e. The van der Waals surface area contributed by atoms with Crippen LogP contribution in [0.4, 0.5) is 17.1 Å². The van der Waals surface area contributed by atoms with Gasteiger partial charge in [0.05, 0.1) is 11.0 Å². The van der Waals surface area contributed by atoms with Crippen LogP contribution in [0.15, 0.2) is 243 Å². The minimum Gasteiger partial charge on any atom is -0.310 e. The van der Waals surface area contributed by atoms with Gasteiger partial charge >= 0.3 is 0 Å². The molecule has 0 amide bonds. The van der Waals surface area contributed by atoms with E-state index in [0.717, 1.165) is 28.3 Å². The van der Waals surface area contributed by atoms with Gasteiger partial charge in [-0.15, -0.1) is 0 Å². The highest BCUT2D eigenvalue weighted by Crippen LogP contribution is 2.44. The highest BCUT2D eigenvalue weighted by molar-refractivity contribution is 6.22. The van der Waals surface area contributed by atoms with Crippen LogP contribution < -0.4 is 4.90 Å². The molecule has 0 saturated carbocycles. The Bertz CT molecular complexity index is 3270. The van der Waals surface area contributed by atoms with Gasteiger partial charge in [0.2, 0.25) is 0 Å². The fourth-order valence-corrected chi connectivity index (χ4v) is 8.92. The van der Waals surface area contributed by atoms with Gasteiger partial charge in [0.25, 0.3) is 0 Å². The van der Waals surface area contributed by atoms with Crippen molar-refractivity contribution in [3.05, 3.63) is 243 Å². The van der Waals surface area contributed by atoms with E-state index in [2.05, 4.69) is 252 Å². The molecule has 11 rings (SSSR count). The van der Waals surface area contributed by atoms with Crippen molar-refractivity contribution in [2.45, 2.75) is 0 Å². The van der Waals surface area contributed by atoms with Gasteiger partial charge < -0.3 is 9.47 Å². The lowest BCUT2D eigenvalue weighted by Crippen LogP contribution is -2.10. The topological polar surface area (TPSA) is 8.17 Å². The van der Waals surface area contributed by atoms with Crippen LogP contribution in [-0.2, 0) is 0 Å². The quantitative estimate of drug-likeness (QED) is 0.150. The van der Waals surface area contributed by atoms with E-state index >= 15 is 0 Å². The van der Waals surface area contributed by atoms with Gasteiger partial charge in [0.15, 0.2) is 0 Å². The maximum Gasteiger partial charge on any atom is 0.0619 e. The van der Waals surface area contributed by atoms with Crippen molar-refractivity contribution in [1.29, 1.82) is 0 Å². The van der Waals surface area contributed by atoms with Gasteiger partial charge in [-0.3, -0.25) is 0 Å². The third-order valence-electron chi connectivity index (χ3n) is 11.8. The average molecular weight is 765 g/mol. The number of para-hydroxylation sites is 1. The van der Waals surface area contributed by atoms with Crippen LogP contribution in [0.2, 0.25) is 0 Å². The molecule has 10 aromatic carbocycles. The first kappa shape index (κ1) is 35.2. The van der Waals surface area contributed by atoms with E-state index in [-0.39, 0.29) is 0 Å². The molecule has 0 bridgehead atoms. The summed E-state index contributed by atoms with van der Waals surface area (Å²) in [6, 6.07) is 87.8. The molecule has 0 unspecified atom stereocenters. The van der Waals surface area contributed by atoms with Crippen LogP contribution >= 0.6 is 0 Å². The molecule has 0 aliphatic rings. The summed E-state index contributed by atoms with van der Waals surface area (Å²) in [5.41, 5.74) is 16.4. The van der Waals surface area contributed by atoms with Gasteiger partial charge in [0, 0.05) is 38.9 Å². The average Bonchev–Trinajstić information content (AvgIpc) is 3.68. The number of hydrogen-bond acceptors (Lipinski definition) is 1. The molecule has 0 atom stereocenters. The molecule has 0 saturated heterocycles. The summed E-state index contributed by atoms with van der Waals surface area (Å²) < 4.78 is 2.44. The van der Waals surface area contributed by atoms with Gasteiger partial charge in [-0.25, -0.2) is 0 Å². The van der Waals surface area contributed by atoms with Crippen LogP contribution in [0.5, 0.6) is 0 Å². The van der Waals surface area contributed by atoms with Crippen LogP contribution in [-0.4, -0.2) is 4.57 Å². The Kier molecular flexibility index (Phi) is 8.87. The molecule has 11 aromatic rings. The summed E-state index contributed by atoms with van der Waals surface area (Å²) >= 11 is 0. The summed E-state index contributed by atoms with van der Waals surface area (Å²) in [6.45, 7) is 0. The van der Waals surface area contributed by atoms with E-state index in [4.69, 9.17) is 0 Å². The Balaban J connectivity index is 1.06. The lowest BCUT2D eigenvalue weighted by atomic mass is 9.97. The third-order valence-corrected chi connectivity index (χ3v) is 11.8. The van der Waals surface area contributed by atoms with Crippen molar-refractivity contribution >= 4 is 49.6 Å². The van der Waals surface area contributed by atoms with Gasteiger partial charge in [-0.05, 0) is 104 Å². The van der Waals surface area contributed by atoms with Crippen molar-refractivity contribution in [1.82, 2.24) is 4.57 Å². The van der Waals surface area contributed by atoms with Crippen LogP contribution in [0, 0.1) is 0 Å². The van der Waals surface area contributed by atoms with Crippen molar-refractivity contribution in [3.8, 4) is 50.2 Å². The highest BCUT2D eigenvalue weighted by atomic mass is 15.1. The molecule has 2 nitrogen and oxygen atoms in total. The standard InChI is InChI=1S/C58H40N2/c1-4-15-41(16-5-1)43-29-31-44(32-30-43)45-33-36-50(37-34-45)59(51-24-12-20-47(39-51)42-17-6-2-7-18-42)52-25-13-21-48(40-52)53-27-14-28-56-57(53)55-38-35-46-19-10-11-26-54(46)58(55)60(56)49-22-8-3-9-23-49/h1-40H. The summed E-state index contributed by atoms with van der Waals surface area (Å²) in [7, 11) is 0. The first-order chi connectivity index (χ1) is 29.8.